The first-order valence-electron chi connectivity index (χ1n) is 8.48. The molecule has 0 unspecified atom stereocenters. The lowest BCUT2D eigenvalue weighted by Gasteiger charge is -2.24. The SMILES string of the molecule is O=C(c1ccccc1)[C@H]1CCCCC[C@H]1Cc1ccccc1. The van der Waals surface area contributed by atoms with E-state index in [1.807, 2.05) is 30.3 Å². The highest BCUT2D eigenvalue weighted by Gasteiger charge is 2.30. The maximum atomic E-state index is 13.0. The van der Waals surface area contributed by atoms with Crippen molar-refractivity contribution < 1.29 is 4.79 Å². The van der Waals surface area contributed by atoms with Gasteiger partial charge in [-0.1, -0.05) is 79.9 Å². The molecule has 1 saturated carbocycles. The summed E-state index contributed by atoms with van der Waals surface area (Å²) in [5.74, 6) is 1.02. The lowest BCUT2D eigenvalue weighted by atomic mass is 9.79. The van der Waals surface area contributed by atoms with Gasteiger partial charge in [0.15, 0.2) is 5.78 Å². The fourth-order valence-corrected chi connectivity index (χ4v) is 3.71. The fourth-order valence-electron chi connectivity index (χ4n) is 3.71. The molecule has 0 amide bonds. The van der Waals surface area contributed by atoms with Crippen molar-refractivity contribution in [1.29, 1.82) is 0 Å². The van der Waals surface area contributed by atoms with E-state index in [1.54, 1.807) is 0 Å². The van der Waals surface area contributed by atoms with Gasteiger partial charge in [-0.15, -0.1) is 0 Å². The van der Waals surface area contributed by atoms with E-state index < -0.39 is 0 Å². The summed E-state index contributed by atoms with van der Waals surface area (Å²) in [5, 5.41) is 0. The van der Waals surface area contributed by atoms with Gasteiger partial charge in [-0.25, -0.2) is 0 Å². The third-order valence-corrected chi connectivity index (χ3v) is 4.89. The van der Waals surface area contributed by atoms with Crippen molar-refractivity contribution in [3.63, 3.8) is 0 Å². The van der Waals surface area contributed by atoms with Crippen LogP contribution in [0.4, 0.5) is 0 Å². The van der Waals surface area contributed by atoms with Gasteiger partial charge in [0.05, 0.1) is 0 Å². The Labute approximate surface area is 133 Å². The Morgan fingerprint density at radius 3 is 2.18 bits per heavy atom. The van der Waals surface area contributed by atoms with Crippen LogP contribution in [0.5, 0.6) is 0 Å². The van der Waals surface area contributed by atoms with E-state index in [2.05, 4.69) is 30.3 Å². The van der Waals surface area contributed by atoms with Crippen molar-refractivity contribution in [1.82, 2.24) is 0 Å². The van der Waals surface area contributed by atoms with Crippen LogP contribution in [-0.2, 0) is 6.42 Å². The van der Waals surface area contributed by atoms with Crippen LogP contribution in [0.15, 0.2) is 60.7 Å². The van der Waals surface area contributed by atoms with Crippen molar-refractivity contribution in [3.05, 3.63) is 71.8 Å². The molecule has 1 aliphatic rings. The normalized spacial score (nSPS) is 22.0. The maximum absolute atomic E-state index is 13.0. The standard InChI is InChI=1S/C21H24O/c22-21(18-12-6-2-7-13-18)20-15-9-3-8-14-19(20)16-17-10-4-1-5-11-17/h1-2,4-7,10-13,19-20H,3,8-9,14-16H2/t19-,20-/m0/s1. The van der Waals surface area contributed by atoms with Crippen LogP contribution in [0.3, 0.4) is 0 Å². The van der Waals surface area contributed by atoms with Crippen molar-refractivity contribution in [2.45, 2.75) is 38.5 Å². The van der Waals surface area contributed by atoms with Crippen LogP contribution in [-0.4, -0.2) is 5.78 Å². The summed E-state index contributed by atoms with van der Waals surface area (Å²) in [6.07, 6.45) is 6.97. The van der Waals surface area contributed by atoms with Gasteiger partial charge in [-0.05, 0) is 30.7 Å². The maximum Gasteiger partial charge on any atom is 0.166 e. The molecule has 114 valence electrons. The monoisotopic (exact) mass is 292 g/mol. The molecule has 22 heavy (non-hydrogen) atoms. The average molecular weight is 292 g/mol. The summed E-state index contributed by atoms with van der Waals surface area (Å²) in [6, 6.07) is 20.5. The van der Waals surface area contributed by atoms with Crippen molar-refractivity contribution in [2.24, 2.45) is 11.8 Å². The van der Waals surface area contributed by atoms with Gasteiger partial charge in [-0.2, -0.15) is 0 Å². The number of benzene rings is 2. The zero-order valence-electron chi connectivity index (χ0n) is 13.1. The van der Waals surface area contributed by atoms with Gasteiger partial charge in [0.1, 0.15) is 0 Å². The van der Waals surface area contributed by atoms with Crippen LogP contribution in [0, 0.1) is 11.8 Å². The second-order valence-electron chi connectivity index (χ2n) is 6.42. The molecule has 0 bridgehead atoms. The Morgan fingerprint density at radius 1 is 0.818 bits per heavy atom. The van der Waals surface area contributed by atoms with Gasteiger partial charge in [-0.3, -0.25) is 4.79 Å². The number of hydrogen-bond acceptors (Lipinski definition) is 1. The minimum atomic E-state index is 0.185. The predicted octanol–water partition coefficient (Wildman–Crippen LogP) is 5.31. The topological polar surface area (TPSA) is 17.1 Å². The van der Waals surface area contributed by atoms with E-state index in [1.165, 1.54) is 31.2 Å². The predicted molar refractivity (Wildman–Crippen MR) is 91.0 cm³/mol. The highest BCUT2D eigenvalue weighted by molar-refractivity contribution is 5.98. The fraction of sp³-hybridized carbons (Fsp3) is 0.381. The van der Waals surface area contributed by atoms with Crippen LogP contribution < -0.4 is 0 Å². The van der Waals surface area contributed by atoms with Crippen LogP contribution in [0.1, 0.15) is 48.0 Å². The quantitative estimate of drug-likeness (QED) is 0.551. The lowest BCUT2D eigenvalue weighted by Crippen LogP contribution is -2.25. The summed E-state index contributed by atoms with van der Waals surface area (Å²) in [4.78, 5) is 13.0. The first-order valence-corrected chi connectivity index (χ1v) is 8.48. The molecule has 1 heteroatoms. The van der Waals surface area contributed by atoms with Gasteiger partial charge in [0.2, 0.25) is 0 Å². The Bertz CT molecular complexity index is 588. The Balaban J connectivity index is 1.80. The molecule has 0 saturated heterocycles. The Hall–Kier alpha value is -1.89. The molecule has 0 heterocycles. The molecule has 1 aliphatic carbocycles. The number of Topliss-reactive ketones (excluding diaryl/α,β-unsaturated/α-hetero) is 1. The smallest absolute Gasteiger partial charge is 0.166 e. The van der Waals surface area contributed by atoms with Gasteiger partial charge < -0.3 is 0 Å². The molecule has 0 aromatic heterocycles. The largest absolute Gasteiger partial charge is 0.294 e. The summed E-state index contributed by atoms with van der Waals surface area (Å²) >= 11 is 0. The molecule has 1 fully saturated rings. The van der Waals surface area contributed by atoms with Gasteiger partial charge >= 0.3 is 0 Å². The van der Waals surface area contributed by atoms with Crippen molar-refractivity contribution in [3.8, 4) is 0 Å². The molecule has 0 N–H and O–H groups in total. The highest BCUT2D eigenvalue weighted by atomic mass is 16.1. The molecular weight excluding hydrogens is 268 g/mol. The second-order valence-corrected chi connectivity index (χ2v) is 6.42. The first kappa shape index (κ1) is 15.0. The number of ketones is 1. The lowest BCUT2D eigenvalue weighted by molar-refractivity contribution is 0.0862. The minimum absolute atomic E-state index is 0.185. The molecule has 3 rings (SSSR count). The van der Waals surface area contributed by atoms with E-state index in [4.69, 9.17) is 0 Å². The van der Waals surface area contributed by atoms with E-state index in [-0.39, 0.29) is 5.92 Å². The number of carbonyl (C=O) groups excluding carboxylic acids is 1. The molecule has 0 aliphatic heterocycles. The minimum Gasteiger partial charge on any atom is -0.294 e. The Morgan fingerprint density at radius 2 is 1.45 bits per heavy atom. The van der Waals surface area contributed by atoms with E-state index in [9.17, 15) is 4.79 Å². The average Bonchev–Trinajstić information content (AvgIpc) is 2.81. The zero-order valence-corrected chi connectivity index (χ0v) is 13.1. The number of carbonyl (C=O) groups is 1. The molecular formula is C21H24O. The van der Waals surface area contributed by atoms with E-state index in [0.29, 0.717) is 11.7 Å². The zero-order chi connectivity index (χ0) is 15.2. The summed E-state index contributed by atoms with van der Waals surface area (Å²) < 4.78 is 0. The number of hydrogen-bond donors (Lipinski definition) is 0. The van der Waals surface area contributed by atoms with Gasteiger partial charge in [0, 0.05) is 11.5 Å². The summed E-state index contributed by atoms with van der Waals surface area (Å²) in [6.45, 7) is 0. The molecule has 2 aromatic rings. The third-order valence-electron chi connectivity index (χ3n) is 4.89. The first-order chi connectivity index (χ1) is 10.8. The van der Waals surface area contributed by atoms with E-state index >= 15 is 0 Å². The van der Waals surface area contributed by atoms with E-state index in [0.717, 1.165) is 18.4 Å². The second kappa shape index (κ2) is 7.40. The van der Waals surface area contributed by atoms with Crippen LogP contribution >= 0.6 is 0 Å². The number of rotatable bonds is 4. The third kappa shape index (κ3) is 3.65. The summed E-state index contributed by atoms with van der Waals surface area (Å²) in [5.41, 5.74) is 2.24. The Kier molecular flexibility index (Phi) is 5.05. The van der Waals surface area contributed by atoms with Gasteiger partial charge in [0.25, 0.3) is 0 Å². The van der Waals surface area contributed by atoms with Crippen molar-refractivity contribution >= 4 is 5.78 Å². The molecule has 0 radical (unpaired) electrons. The summed E-state index contributed by atoms with van der Waals surface area (Å²) in [7, 11) is 0. The molecule has 0 spiro atoms. The van der Waals surface area contributed by atoms with Crippen molar-refractivity contribution in [2.75, 3.05) is 0 Å². The highest BCUT2D eigenvalue weighted by Crippen LogP contribution is 2.33. The van der Waals surface area contributed by atoms with Crippen LogP contribution in [0.25, 0.3) is 0 Å². The molecule has 1 nitrogen and oxygen atoms in total. The molecule has 2 atom stereocenters. The van der Waals surface area contributed by atoms with Crippen LogP contribution in [0.2, 0.25) is 0 Å². The molecule has 2 aromatic carbocycles.